The minimum Gasteiger partial charge on any atom is -0.342 e. The van der Waals surface area contributed by atoms with Gasteiger partial charge >= 0.3 is 0 Å². The fourth-order valence-corrected chi connectivity index (χ4v) is 5.20. The van der Waals surface area contributed by atoms with E-state index in [9.17, 15) is 4.79 Å². The molecule has 1 saturated carbocycles. The Bertz CT molecular complexity index is 582. The zero-order valence-electron chi connectivity index (χ0n) is 14.8. The van der Waals surface area contributed by atoms with E-state index < -0.39 is 0 Å². The van der Waals surface area contributed by atoms with Crippen LogP contribution in [0.5, 0.6) is 0 Å². The van der Waals surface area contributed by atoms with Crippen LogP contribution in [0.1, 0.15) is 56.6 Å². The maximum absolute atomic E-state index is 13.2. The Hall–Kier alpha value is -1.36. The summed E-state index contributed by atoms with van der Waals surface area (Å²) in [6.45, 7) is 3.73. The summed E-state index contributed by atoms with van der Waals surface area (Å²) in [5.74, 6) is 1.14. The van der Waals surface area contributed by atoms with Gasteiger partial charge < -0.3 is 10.2 Å². The minimum absolute atomic E-state index is 0.212. The Morgan fingerprint density at radius 2 is 2.00 bits per heavy atom. The van der Waals surface area contributed by atoms with Gasteiger partial charge in [0.25, 0.3) is 0 Å². The molecule has 3 heterocycles. The first-order chi connectivity index (χ1) is 11.7. The van der Waals surface area contributed by atoms with E-state index in [1.165, 1.54) is 37.8 Å². The van der Waals surface area contributed by atoms with Gasteiger partial charge in [-0.1, -0.05) is 19.3 Å². The predicted molar refractivity (Wildman–Crippen MR) is 93.6 cm³/mol. The lowest BCUT2D eigenvalue weighted by atomic mass is 9.67. The number of nitrogens with one attached hydrogen (secondary N) is 1. The van der Waals surface area contributed by atoms with Gasteiger partial charge in [-0.15, -0.1) is 0 Å². The molecule has 1 N–H and O–H groups in total. The quantitative estimate of drug-likeness (QED) is 0.905. The van der Waals surface area contributed by atoms with Crippen LogP contribution in [0, 0.1) is 11.3 Å². The second kappa shape index (κ2) is 6.51. The second-order valence-corrected chi connectivity index (χ2v) is 8.12. The summed E-state index contributed by atoms with van der Waals surface area (Å²) in [5.41, 5.74) is 1.45. The van der Waals surface area contributed by atoms with Gasteiger partial charge in [0.1, 0.15) is 0 Å². The molecule has 1 spiro atoms. The summed E-state index contributed by atoms with van der Waals surface area (Å²) in [7, 11) is 1.97. The van der Waals surface area contributed by atoms with Crippen molar-refractivity contribution in [2.75, 3.05) is 26.2 Å². The number of carbonyl (C=O) groups is 1. The molecule has 0 aromatic carbocycles. The number of rotatable bonds is 2. The summed E-state index contributed by atoms with van der Waals surface area (Å²) < 4.78 is 1.88. The van der Waals surface area contributed by atoms with Crippen molar-refractivity contribution < 1.29 is 4.79 Å². The number of nitrogens with zero attached hydrogens (tertiary/aromatic N) is 3. The highest BCUT2D eigenvalue weighted by Gasteiger charge is 2.48. The molecule has 0 bridgehead atoms. The first kappa shape index (κ1) is 16.1. The van der Waals surface area contributed by atoms with Gasteiger partial charge in [-0.25, -0.2) is 0 Å². The van der Waals surface area contributed by atoms with Crippen LogP contribution in [0.25, 0.3) is 0 Å². The highest BCUT2D eigenvalue weighted by atomic mass is 16.2. The highest BCUT2D eigenvalue weighted by molar-refractivity contribution is 5.80. The lowest BCUT2D eigenvalue weighted by Crippen LogP contribution is -2.47. The van der Waals surface area contributed by atoms with E-state index >= 15 is 0 Å². The molecule has 1 amide bonds. The van der Waals surface area contributed by atoms with E-state index in [1.54, 1.807) is 0 Å². The van der Waals surface area contributed by atoms with Crippen molar-refractivity contribution in [2.45, 2.75) is 50.9 Å². The van der Waals surface area contributed by atoms with Gasteiger partial charge in [-0.05, 0) is 37.2 Å². The molecule has 5 heteroatoms. The van der Waals surface area contributed by atoms with Crippen molar-refractivity contribution in [1.29, 1.82) is 0 Å². The smallest absolute Gasteiger partial charge is 0.227 e. The monoisotopic (exact) mass is 330 g/mol. The summed E-state index contributed by atoms with van der Waals surface area (Å²) in [5, 5.41) is 8.08. The molecule has 3 fully saturated rings. The Balaban J connectivity index is 1.39. The van der Waals surface area contributed by atoms with Gasteiger partial charge in [0.05, 0.1) is 11.6 Å². The first-order valence-electron chi connectivity index (χ1n) is 9.67. The third-order valence-corrected chi connectivity index (χ3v) is 6.67. The van der Waals surface area contributed by atoms with Crippen molar-refractivity contribution in [3.8, 4) is 0 Å². The van der Waals surface area contributed by atoms with Gasteiger partial charge in [0.15, 0.2) is 0 Å². The second-order valence-electron chi connectivity index (χ2n) is 8.12. The lowest BCUT2D eigenvalue weighted by Gasteiger charge is -2.41. The zero-order chi connectivity index (χ0) is 16.6. The maximum atomic E-state index is 13.2. The number of piperidine rings is 1. The molecule has 132 valence electrons. The van der Waals surface area contributed by atoms with Crippen molar-refractivity contribution in [3.05, 3.63) is 18.0 Å². The fourth-order valence-electron chi connectivity index (χ4n) is 5.20. The highest BCUT2D eigenvalue weighted by Crippen LogP contribution is 2.45. The number of amides is 1. The van der Waals surface area contributed by atoms with Crippen molar-refractivity contribution >= 4 is 5.91 Å². The number of hydrogen-bond acceptors (Lipinski definition) is 3. The van der Waals surface area contributed by atoms with Crippen molar-refractivity contribution in [3.63, 3.8) is 0 Å². The predicted octanol–water partition coefficient (Wildman–Crippen LogP) is 2.30. The maximum Gasteiger partial charge on any atom is 0.227 e. The third kappa shape index (κ3) is 2.87. The molecular formula is C19H30N4O. The van der Waals surface area contributed by atoms with E-state index in [2.05, 4.69) is 21.4 Å². The van der Waals surface area contributed by atoms with Crippen LogP contribution in [0.3, 0.4) is 0 Å². The molecule has 4 rings (SSSR count). The minimum atomic E-state index is 0.212. The molecule has 3 aliphatic rings. The molecule has 24 heavy (non-hydrogen) atoms. The van der Waals surface area contributed by atoms with E-state index in [1.807, 2.05) is 17.9 Å². The van der Waals surface area contributed by atoms with Crippen LogP contribution in [-0.4, -0.2) is 46.8 Å². The Labute approximate surface area is 144 Å². The largest absolute Gasteiger partial charge is 0.342 e. The number of likely N-dealkylation sites (tertiary alicyclic amines) is 1. The van der Waals surface area contributed by atoms with E-state index in [0.717, 1.165) is 39.0 Å². The Kier molecular flexibility index (Phi) is 4.37. The first-order valence-corrected chi connectivity index (χ1v) is 9.67. The average molecular weight is 330 g/mol. The molecule has 5 nitrogen and oxygen atoms in total. The summed E-state index contributed by atoms with van der Waals surface area (Å²) in [4.78, 5) is 15.3. The number of carbonyl (C=O) groups excluding carboxylic acids is 1. The molecule has 1 unspecified atom stereocenters. The van der Waals surface area contributed by atoms with Crippen molar-refractivity contribution in [1.82, 2.24) is 20.0 Å². The van der Waals surface area contributed by atoms with E-state index in [-0.39, 0.29) is 11.3 Å². The normalized spacial score (nSPS) is 27.7. The van der Waals surface area contributed by atoms with Crippen LogP contribution in [0.2, 0.25) is 0 Å². The standard InChI is InChI=1S/C19H30N4O/c1-22-10-7-17(21-22)15-5-11-23(12-6-15)18(24)16-13-20-14-19(16)8-3-2-4-9-19/h7,10,15-16,20H,2-6,8-9,11-14H2,1H3. The summed E-state index contributed by atoms with van der Waals surface area (Å²) in [6, 6.07) is 2.13. The van der Waals surface area contributed by atoms with Crippen LogP contribution >= 0.6 is 0 Å². The average Bonchev–Trinajstić information content (AvgIpc) is 3.22. The SMILES string of the molecule is Cn1ccc(C2CCN(C(=O)C3CNCC34CCCCC4)CC2)n1. The zero-order valence-corrected chi connectivity index (χ0v) is 14.8. The molecular weight excluding hydrogens is 300 g/mol. The van der Waals surface area contributed by atoms with Crippen molar-refractivity contribution in [2.24, 2.45) is 18.4 Å². The molecule has 2 aliphatic heterocycles. The number of hydrogen-bond donors (Lipinski definition) is 1. The van der Waals surface area contributed by atoms with E-state index in [4.69, 9.17) is 0 Å². The summed E-state index contributed by atoms with van der Waals surface area (Å²) in [6.07, 6.45) is 10.5. The molecule has 0 radical (unpaired) electrons. The molecule has 1 aromatic rings. The molecule has 1 atom stereocenters. The van der Waals surface area contributed by atoms with Gasteiger partial charge in [0.2, 0.25) is 5.91 Å². The van der Waals surface area contributed by atoms with Gasteiger partial charge in [-0.2, -0.15) is 5.10 Å². The van der Waals surface area contributed by atoms with Crippen LogP contribution in [-0.2, 0) is 11.8 Å². The number of aryl methyl sites for hydroxylation is 1. The number of aromatic nitrogens is 2. The van der Waals surface area contributed by atoms with E-state index in [0.29, 0.717) is 11.8 Å². The topological polar surface area (TPSA) is 50.2 Å². The van der Waals surface area contributed by atoms with Gasteiger partial charge in [0, 0.05) is 45.3 Å². The van der Waals surface area contributed by atoms with Gasteiger partial charge in [-0.3, -0.25) is 9.48 Å². The molecule has 1 aromatic heterocycles. The Morgan fingerprint density at radius 3 is 2.67 bits per heavy atom. The Morgan fingerprint density at radius 1 is 1.25 bits per heavy atom. The molecule has 1 aliphatic carbocycles. The lowest BCUT2D eigenvalue weighted by molar-refractivity contribution is -0.140. The van der Waals surface area contributed by atoms with Crippen LogP contribution in [0.15, 0.2) is 12.3 Å². The van der Waals surface area contributed by atoms with Crippen LogP contribution < -0.4 is 5.32 Å². The van der Waals surface area contributed by atoms with Crippen LogP contribution in [0.4, 0.5) is 0 Å². The summed E-state index contributed by atoms with van der Waals surface area (Å²) >= 11 is 0. The third-order valence-electron chi connectivity index (χ3n) is 6.67. The molecule has 2 saturated heterocycles. The fraction of sp³-hybridized carbons (Fsp3) is 0.789.